The molecule has 1 aromatic rings. The number of carboxylic acids is 1. The summed E-state index contributed by atoms with van der Waals surface area (Å²) in [5.41, 5.74) is 2.04. The van der Waals surface area contributed by atoms with E-state index in [1.807, 2.05) is 13.8 Å². The number of ether oxygens (including phenoxy) is 2. The van der Waals surface area contributed by atoms with Gasteiger partial charge in [0.1, 0.15) is 5.75 Å². The highest BCUT2D eigenvalue weighted by molar-refractivity contribution is 5.88. The minimum Gasteiger partial charge on any atom is -0.493 e. The van der Waals surface area contributed by atoms with E-state index in [2.05, 4.69) is 0 Å². The van der Waals surface area contributed by atoms with Crippen molar-refractivity contribution < 1.29 is 19.4 Å². The number of rotatable bonds is 4. The Bertz CT molecular complexity index is 424. The molecule has 1 atom stereocenters. The number of hydrogen-bond donors (Lipinski definition) is 1. The fourth-order valence-corrected chi connectivity index (χ4v) is 2.22. The zero-order chi connectivity index (χ0) is 13.1. The van der Waals surface area contributed by atoms with E-state index in [0.29, 0.717) is 18.1 Å². The molecular weight excluding hydrogens is 232 g/mol. The number of carbonyl (C=O) groups is 1. The second kappa shape index (κ2) is 5.40. The molecule has 0 aliphatic carbocycles. The van der Waals surface area contributed by atoms with Gasteiger partial charge >= 0.3 is 5.97 Å². The molecule has 0 radical (unpaired) electrons. The summed E-state index contributed by atoms with van der Waals surface area (Å²) >= 11 is 0. The summed E-state index contributed by atoms with van der Waals surface area (Å²) in [5.74, 6) is 0.340. The Hall–Kier alpha value is -1.55. The van der Waals surface area contributed by atoms with Crippen molar-refractivity contribution in [1.82, 2.24) is 0 Å². The monoisotopic (exact) mass is 250 g/mol. The number of aromatic carboxylic acids is 1. The van der Waals surface area contributed by atoms with E-state index in [1.165, 1.54) is 0 Å². The molecular formula is C14H18O4. The Morgan fingerprint density at radius 2 is 2.11 bits per heavy atom. The summed E-state index contributed by atoms with van der Waals surface area (Å²) in [4.78, 5) is 10.9. The van der Waals surface area contributed by atoms with Crippen molar-refractivity contribution in [1.29, 1.82) is 0 Å². The maximum absolute atomic E-state index is 10.9. The van der Waals surface area contributed by atoms with Crippen molar-refractivity contribution in [2.75, 3.05) is 19.8 Å². The van der Waals surface area contributed by atoms with Crippen molar-refractivity contribution in [3.63, 3.8) is 0 Å². The van der Waals surface area contributed by atoms with Crippen molar-refractivity contribution in [3.8, 4) is 5.75 Å². The van der Waals surface area contributed by atoms with Crippen LogP contribution in [-0.2, 0) is 4.74 Å². The van der Waals surface area contributed by atoms with Crippen LogP contribution in [0.2, 0.25) is 0 Å². The van der Waals surface area contributed by atoms with Crippen molar-refractivity contribution in [2.45, 2.75) is 20.3 Å². The van der Waals surface area contributed by atoms with Gasteiger partial charge in [-0.15, -0.1) is 0 Å². The molecule has 1 aliphatic heterocycles. The summed E-state index contributed by atoms with van der Waals surface area (Å²) in [5, 5.41) is 8.97. The van der Waals surface area contributed by atoms with Gasteiger partial charge in [0.2, 0.25) is 0 Å². The minimum atomic E-state index is -0.906. The normalized spacial score (nSPS) is 18.9. The molecule has 0 aromatic heterocycles. The van der Waals surface area contributed by atoms with Gasteiger partial charge in [0.25, 0.3) is 0 Å². The minimum absolute atomic E-state index is 0.307. The van der Waals surface area contributed by atoms with Crippen molar-refractivity contribution >= 4 is 5.97 Å². The van der Waals surface area contributed by atoms with Gasteiger partial charge in [-0.3, -0.25) is 0 Å². The third kappa shape index (κ3) is 2.82. The summed E-state index contributed by atoms with van der Waals surface area (Å²) in [6.07, 6.45) is 1.03. The van der Waals surface area contributed by atoms with E-state index >= 15 is 0 Å². The number of benzene rings is 1. The fourth-order valence-electron chi connectivity index (χ4n) is 2.22. The largest absolute Gasteiger partial charge is 0.493 e. The molecule has 2 rings (SSSR count). The van der Waals surface area contributed by atoms with Gasteiger partial charge in [0, 0.05) is 12.5 Å². The van der Waals surface area contributed by atoms with Gasteiger partial charge in [-0.1, -0.05) is 0 Å². The highest BCUT2D eigenvalue weighted by Crippen LogP contribution is 2.26. The van der Waals surface area contributed by atoms with Gasteiger partial charge in [-0.25, -0.2) is 4.79 Å². The Morgan fingerprint density at radius 1 is 1.44 bits per heavy atom. The summed E-state index contributed by atoms with van der Waals surface area (Å²) in [7, 11) is 0. The summed E-state index contributed by atoms with van der Waals surface area (Å²) < 4.78 is 11.1. The first-order valence-electron chi connectivity index (χ1n) is 6.13. The lowest BCUT2D eigenvalue weighted by molar-refractivity contribution is 0.0696. The number of carboxylic acid groups (broad SMARTS) is 1. The number of hydrogen-bond acceptors (Lipinski definition) is 3. The van der Waals surface area contributed by atoms with E-state index in [0.717, 1.165) is 36.5 Å². The van der Waals surface area contributed by atoms with Crippen LogP contribution in [0.5, 0.6) is 5.75 Å². The number of aryl methyl sites for hydroxylation is 2. The quantitative estimate of drug-likeness (QED) is 0.891. The topological polar surface area (TPSA) is 55.8 Å². The highest BCUT2D eigenvalue weighted by Gasteiger charge is 2.17. The first kappa shape index (κ1) is 12.9. The second-order valence-electron chi connectivity index (χ2n) is 4.78. The van der Waals surface area contributed by atoms with E-state index < -0.39 is 5.97 Å². The maximum Gasteiger partial charge on any atom is 0.335 e. The van der Waals surface area contributed by atoms with Gasteiger partial charge in [0.05, 0.1) is 18.8 Å². The predicted molar refractivity (Wildman–Crippen MR) is 67.3 cm³/mol. The molecule has 1 unspecified atom stereocenters. The van der Waals surface area contributed by atoms with Gasteiger partial charge in [-0.2, -0.15) is 0 Å². The smallest absolute Gasteiger partial charge is 0.335 e. The van der Waals surface area contributed by atoms with Gasteiger partial charge in [-0.05, 0) is 43.5 Å². The average Bonchev–Trinajstić information content (AvgIpc) is 2.80. The van der Waals surface area contributed by atoms with Crippen LogP contribution in [0.15, 0.2) is 12.1 Å². The van der Waals surface area contributed by atoms with Crippen LogP contribution in [0.1, 0.15) is 27.9 Å². The molecule has 1 heterocycles. The van der Waals surface area contributed by atoms with Crippen LogP contribution in [0.25, 0.3) is 0 Å². The van der Waals surface area contributed by atoms with Crippen molar-refractivity contribution in [3.05, 3.63) is 28.8 Å². The van der Waals surface area contributed by atoms with Crippen LogP contribution < -0.4 is 4.74 Å². The standard InChI is InChI=1S/C14H18O4/c1-9-5-12(14(15)16)6-10(2)13(9)18-8-11-3-4-17-7-11/h5-6,11H,3-4,7-8H2,1-2H3,(H,15,16). The third-order valence-electron chi connectivity index (χ3n) is 3.19. The van der Waals surface area contributed by atoms with Crippen LogP contribution in [0.3, 0.4) is 0 Å². The molecule has 18 heavy (non-hydrogen) atoms. The lowest BCUT2D eigenvalue weighted by Crippen LogP contribution is -2.13. The second-order valence-corrected chi connectivity index (χ2v) is 4.78. The predicted octanol–water partition coefficient (Wildman–Crippen LogP) is 2.42. The average molecular weight is 250 g/mol. The molecule has 1 saturated heterocycles. The van der Waals surface area contributed by atoms with Crippen LogP contribution in [0.4, 0.5) is 0 Å². The summed E-state index contributed by atoms with van der Waals surface area (Å²) in [6, 6.07) is 3.30. The van der Waals surface area contributed by atoms with E-state index in [1.54, 1.807) is 12.1 Å². The lowest BCUT2D eigenvalue weighted by atomic mass is 10.1. The molecule has 1 aromatic carbocycles. The zero-order valence-corrected chi connectivity index (χ0v) is 10.7. The Balaban J connectivity index is 2.10. The van der Waals surface area contributed by atoms with E-state index in [9.17, 15) is 4.79 Å². The molecule has 1 fully saturated rings. The molecule has 0 spiro atoms. The molecule has 0 amide bonds. The molecule has 1 N–H and O–H groups in total. The van der Waals surface area contributed by atoms with Crippen LogP contribution >= 0.6 is 0 Å². The van der Waals surface area contributed by atoms with Crippen LogP contribution in [-0.4, -0.2) is 30.9 Å². The third-order valence-corrected chi connectivity index (χ3v) is 3.19. The maximum atomic E-state index is 10.9. The SMILES string of the molecule is Cc1cc(C(=O)O)cc(C)c1OCC1CCOC1. The zero-order valence-electron chi connectivity index (χ0n) is 10.7. The Kier molecular flexibility index (Phi) is 3.87. The molecule has 4 heteroatoms. The molecule has 0 bridgehead atoms. The van der Waals surface area contributed by atoms with Crippen LogP contribution in [0, 0.1) is 19.8 Å². The van der Waals surface area contributed by atoms with E-state index in [4.69, 9.17) is 14.6 Å². The highest BCUT2D eigenvalue weighted by atomic mass is 16.5. The molecule has 98 valence electrons. The first-order chi connectivity index (χ1) is 8.58. The molecule has 0 saturated carbocycles. The van der Waals surface area contributed by atoms with Gasteiger partial charge in [0.15, 0.2) is 0 Å². The molecule has 1 aliphatic rings. The lowest BCUT2D eigenvalue weighted by Gasteiger charge is -2.15. The Morgan fingerprint density at radius 3 is 2.61 bits per heavy atom. The van der Waals surface area contributed by atoms with Gasteiger partial charge < -0.3 is 14.6 Å². The summed E-state index contributed by atoms with van der Waals surface area (Å²) in [6.45, 7) is 5.95. The van der Waals surface area contributed by atoms with Crippen molar-refractivity contribution in [2.24, 2.45) is 5.92 Å². The first-order valence-corrected chi connectivity index (χ1v) is 6.13. The van der Waals surface area contributed by atoms with E-state index in [-0.39, 0.29) is 0 Å². The molecule has 4 nitrogen and oxygen atoms in total. The fraction of sp³-hybridized carbons (Fsp3) is 0.500. The Labute approximate surface area is 107 Å².